The van der Waals surface area contributed by atoms with Crippen LogP contribution in [0.2, 0.25) is 0 Å². The Labute approximate surface area is 135 Å². The quantitative estimate of drug-likeness (QED) is 0.698. The molecule has 0 spiro atoms. The summed E-state index contributed by atoms with van der Waals surface area (Å²) in [4.78, 5) is 7.66. The molecule has 2 aromatic carbocycles. The molecule has 3 aromatic rings. The largest absolute Gasteiger partial charge is 0.369 e. The Morgan fingerprint density at radius 3 is 2.54 bits per heavy atom. The number of alkyl halides is 2. The van der Waals surface area contributed by atoms with E-state index in [1.807, 2.05) is 0 Å². The van der Waals surface area contributed by atoms with Crippen molar-refractivity contribution in [1.82, 2.24) is 9.97 Å². The number of nitrogens with one attached hydrogen (secondary N) is 1. The monoisotopic (exact) mass is 335 g/mol. The maximum absolute atomic E-state index is 13.6. The van der Waals surface area contributed by atoms with Crippen molar-refractivity contribution in [2.75, 3.05) is 11.9 Å². The average Bonchev–Trinajstić information content (AvgIpc) is 2.56. The van der Waals surface area contributed by atoms with Gasteiger partial charge in [-0.05, 0) is 30.2 Å². The topological polar surface area (TPSA) is 37.8 Å². The summed E-state index contributed by atoms with van der Waals surface area (Å²) in [5.74, 6) is -1.59. The van der Waals surface area contributed by atoms with Crippen molar-refractivity contribution in [2.45, 2.75) is 12.8 Å². The van der Waals surface area contributed by atoms with E-state index in [1.165, 1.54) is 12.1 Å². The molecule has 3 rings (SSSR count). The minimum absolute atomic E-state index is 0.256. The van der Waals surface area contributed by atoms with Gasteiger partial charge in [-0.2, -0.15) is 0 Å². The third-order valence-electron chi connectivity index (χ3n) is 3.52. The minimum atomic E-state index is -2.79. The Balaban J connectivity index is 1.81. The Hall–Kier alpha value is -2.70. The minimum Gasteiger partial charge on any atom is -0.369 e. The Morgan fingerprint density at radius 2 is 1.79 bits per heavy atom. The number of aromatic nitrogens is 2. The molecule has 1 aromatic heterocycles. The van der Waals surface area contributed by atoms with E-state index in [9.17, 15) is 17.6 Å². The summed E-state index contributed by atoms with van der Waals surface area (Å²) in [5.41, 5.74) is 0.731. The molecule has 0 atom stereocenters. The Bertz CT molecular complexity index is 868. The lowest BCUT2D eigenvalue weighted by atomic mass is 10.1. The van der Waals surface area contributed by atoms with Crippen molar-refractivity contribution in [3.63, 3.8) is 0 Å². The van der Waals surface area contributed by atoms with Crippen LogP contribution in [-0.2, 0) is 6.42 Å². The molecule has 0 aliphatic rings. The van der Waals surface area contributed by atoms with Gasteiger partial charge in [0.2, 0.25) is 0 Å². The van der Waals surface area contributed by atoms with Crippen LogP contribution in [0, 0.1) is 11.6 Å². The Kier molecular flexibility index (Phi) is 4.59. The van der Waals surface area contributed by atoms with Crippen molar-refractivity contribution in [1.29, 1.82) is 0 Å². The van der Waals surface area contributed by atoms with Gasteiger partial charge in [0.1, 0.15) is 17.5 Å². The van der Waals surface area contributed by atoms with Crippen LogP contribution in [0.4, 0.5) is 23.4 Å². The second-order valence-corrected chi connectivity index (χ2v) is 5.16. The summed E-state index contributed by atoms with van der Waals surface area (Å²) >= 11 is 0. The normalized spacial score (nSPS) is 11.2. The standard InChI is InChI=1S/C17H13F4N3/c18-11-6-5-10(13(19)9-11)7-8-22-16-12-3-1-2-4-14(12)23-17(24-16)15(20)21/h1-6,9,15H,7-8H2,(H,22,23,24). The first-order chi connectivity index (χ1) is 11.5. The van der Waals surface area contributed by atoms with E-state index in [0.717, 1.165) is 6.07 Å². The lowest BCUT2D eigenvalue weighted by Crippen LogP contribution is -2.10. The number of para-hydroxylation sites is 1. The molecule has 24 heavy (non-hydrogen) atoms. The van der Waals surface area contributed by atoms with Crippen LogP contribution in [0.5, 0.6) is 0 Å². The zero-order chi connectivity index (χ0) is 17.1. The van der Waals surface area contributed by atoms with Gasteiger partial charge in [-0.25, -0.2) is 27.5 Å². The zero-order valence-electron chi connectivity index (χ0n) is 12.4. The fourth-order valence-corrected chi connectivity index (χ4v) is 2.37. The molecule has 0 aliphatic heterocycles. The maximum atomic E-state index is 13.6. The molecule has 7 heteroatoms. The number of hydrogen-bond donors (Lipinski definition) is 1. The number of nitrogens with zero attached hydrogens (tertiary/aromatic N) is 2. The first kappa shape index (κ1) is 16.2. The highest BCUT2D eigenvalue weighted by molar-refractivity contribution is 5.89. The highest BCUT2D eigenvalue weighted by Gasteiger charge is 2.15. The van der Waals surface area contributed by atoms with Gasteiger partial charge in [0, 0.05) is 18.0 Å². The van der Waals surface area contributed by atoms with Gasteiger partial charge >= 0.3 is 0 Å². The molecule has 0 amide bonds. The van der Waals surface area contributed by atoms with Gasteiger partial charge < -0.3 is 5.32 Å². The van der Waals surface area contributed by atoms with Crippen LogP contribution in [0.25, 0.3) is 10.9 Å². The van der Waals surface area contributed by atoms with Gasteiger partial charge in [0.25, 0.3) is 6.43 Å². The first-order valence-corrected chi connectivity index (χ1v) is 7.27. The maximum Gasteiger partial charge on any atom is 0.297 e. The Morgan fingerprint density at radius 1 is 1.00 bits per heavy atom. The van der Waals surface area contributed by atoms with Crippen LogP contribution in [-0.4, -0.2) is 16.5 Å². The summed E-state index contributed by atoms with van der Waals surface area (Å²) in [7, 11) is 0. The van der Waals surface area contributed by atoms with E-state index in [0.29, 0.717) is 16.5 Å². The van der Waals surface area contributed by atoms with Gasteiger partial charge in [0.05, 0.1) is 5.52 Å². The number of hydrogen-bond acceptors (Lipinski definition) is 3. The fraction of sp³-hybridized carbons (Fsp3) is 0.176. The van der Waals surface area contributed by atoms with Gasteiger partial charge in [-0.1, -0.05) is 18.2 Å². The van der Waals surface area contributed by atoms with Crippen molar-refractivity contribution in [2.24, 2.45) is 0 Å². The SMILES string of the molecule is Fc1ccc(CCNc2nc(C(F)F)nc3ccccc23)c(F)c1. The van der Waals surface area contributed by atoms with E-state index in [-0.39, 0.29) is 18.8 Å². The van der Waals surface area contributed by atoms with Crippen LogP contribution in [0.3, 0.4) is 0 Å². The molecule has 1 heterocycles. The van der Waals surface area contributed by atoms with Gasteiger partial charge in [-0.15, -0.1) is 0 Å². The smallest absolute Gasteiger partial charge is 0.297 e. The lowest BCUT2D eigenvalue weighted by Gasteiger charge is -2.11. The van der Waals surface area contributed by atoms with E-state index >= 15 is 0 Å². The van der Waals surface area contributed by atoms with E-state index in [4.69, 9.17) is 0 Å². The number of benzene rings is 2. The summed E-state index contributed by atoms with van der Waals surface area (Å²) in [5, 5.41) is 3.53. The molecule has 0 radical (unpaired) electrons. The molecule has 0 unspecified atom stereocenters. The average molecular weight is 335 g/mol. The van der Waals surface area contributed by atoms with E-state index < -0.39 is 23.9 Å². The molecular weight excluding hydrogens is 322 g/mol. The molecule has 3 nitrogen and oxygen atoms in total. The number of rotatable bonds is 5. The summed E-state index contributed by atoms with van der Waals surface area (Å²) in [6.07, 6.45) is -2.53. The summed E-state index contributed by atoms with van der Waals surface area (Å²) < 4.78 is 52.3. The highest BCUT2D eigenvalue weighted by atomic mass is 19.3. The summed E-state index contributed by atoms with van der Waals surface area (Å²) in [6, 6.07) is 10.1. The van der Waals surface area contributed by atoms with Crippen LogP contribution in [0.1, 0.15) is 17.8 Å². The van der Waals surface area contributed by atoms with Crippen molar-refractivity contribution in [3.05, 3.63) is 65.5 Å². The molecule has 0 fully saturated rings. The molecule has 0 saturated heterocycles. The molecule has 124 valence electrons. The number of anilines is 1. The highest BCUT2D eigenvalue weighted by Crippen LogP contribution is 2.24. The van der Waals surface area contributed by atoms with Crippen molar-refractivity contribution >= 4 is 16.7 Å². The van der Waals surface area contributed by atoms with E-state index in [2.05, 4.69) is 15.3 Å². The van der Waals surface area contributed by atoms with Crippen molar-refractivity contribution in [3.8, 4) is 0 Å². The van der Waals surface area contributed by atoms with E-state index in [1.54, 1.807) is 24.3 Å². The lowest BCUT2D eigenvalue weighted by molar-refractivity contribution is 0.141. The second-order valence-electron chi connectivity index (χ2n) is 5.16. The van der Waals surface area contributed by atoms with Crippen molar-refractivity contribution < 1.29 is 17.6 Å². The third-order valence-corrected chi connectivity index (χ3v) is 3.52. The summed E-state index contributed by atoms with van der Waals surface area (Å²) in [6.45, 7) is 0.256. The molecular formula is C17H13F4N3. The molecule has 1 N–H and O–H groups in total. The predicted molar refractivity (Wildman–Crippen MR) is 83.0 cm³/mol. The fourth-order valence-electron chi connectivity index (χ4n) is 2.37. The van der Waals surface area contributed by atoms with Gasteiger partial charge in [-0.3, -0.25) is 0 Å². The van der Waals surface area contributed by atoms with Gasteiger partial charge in [0.15, 0.2) is 5.82 Å². The van der Waals surface area contributed by atoms with Crippen LogP contribution >= 0.6 is 0 Å². The zero-order valence-corrected chi connectivity index (χ0v) is 12.4. The number of halogens is 4. The molecule has 0 aliphatic carbocycles. The molecule has 0 saturated carbocycles. The van der Waals surface area contributed by atoms with Crippen LogP contribution < -0.4 is 5.32 Å². The number of fused-ring (bicyclic) bond motifs is 1. The molecule has 0 bridgehead atoms. The second kappa shape index (κ2) is 6.82. The first-order valence-electron chi connectivity index (χ1n) is 7.27. The third kappa shape index (κ3) is 3.45. The van der Waals surface area contributed by atoms with Crippen LogP contribution in [0.15, 0.2) is 42.5 Å². The predicted octanol–water partition coefficient (Wildman–Crippen LogP) is 4.50.